The van der Waals surface area contributed by atoms with Gasteiger partial charge in [0.15, 0.2) is 6.04 Å². The highest BCUT2D eigenvalue weighted by Gasteiger charge is 2.33. The summed E-state index contributed by atoms with van der Waals surface area (Å²) in [7, 11) is 0. The van der Waals surface area contributed by atoms with Crippen LogP contribution in [0.2, 0.25) is 0 Å². The quantitative estimate of drug-likeness (QED) is 0.323. The minimum absolute atomic E-state index is 0.0561. The monoisotopic (exact) mass is 599 g/mol. The number of amides is 2. The third kappa shape index (κ3) is 7.02. The maximum absolute atomic E-state index is 13.0. The second-order valence-electron chi connectivity index (χ2n) is 9.83. The number of alkyl halides is 3. The summed E-state index contributed by atoms with van der Waals surface area (Å²) in [5, 5.41) is 18.6. The van der Waals surface area contributed by atoms with Crippen LogP contribution in [0.5, 0.6) is 0 Å². The Bertz CT molecular complexity index is 1420. The molecule has 0 bridgehead atoms. The number of anilines is 1. The molecule has 0 aliphatic carbocycles. The number of rotatable bonds is 9. The van der Waals surface area contributed by atoms with E-state index in [1.54, 1.807) is 29.4 Å². The molecule has 3 unspecified atom stereocenters. The SMILES string of the molecule is N=CC(N=S)C(=O)N1CCCC(CN2C=CN=C(N)C2C(=N)c2ccc(C(=O)Nc3cc(C(F)(F)F)ccn3)cc2)C1. The van der Waals surface area contributed by atoms with E-state index in [9.17, 15) is 22.8 Å². The number of carbonyl (C=O) groups is 2. The number of pyridine rings is 1. The first-order valence-electron chi connectivity index (χ1n) is 12.9. The molecule has 11 nitrogen and oxygen atoms in total. The van der Waals surface area contributed by atoms with Crippen LogP contribution in [0.25, 0.3) is 0 Å². The van der Waals surface area contributed by atoms with Crippen LogP contribution in [0.15, 0.2) is 64.4 Å². The van der Waals surface area contributed by atoms with E-state index in [2.05, 4.69) is 32.1 Å². The third-order valence-corrected chi connectivity index (χ3v) is 7.21. The predicted molar refractivity (Wildman–Crippen MR) is 153 cm³/mol. The molecule has 15 heteroatoms. The van der Waals surface area contributed by atoms with Crippen LogP contribution in [0.4, 0.5) is 19.0 Å². The van der Waals surface area contributed by atoms with E-state index in [4.69, 9.17) is 16.6 Å². The van der Waals surface area contributed by atoms with Crippen LogP contribution in [0, 0.1) is 16.7 Å². The molecule has 3 atom stereocenters. The van der Waals surface area contributed by atoms with Gasteiger partial charge in [-0.05, 0) is 48.6 Å². The number of nitrogens with zero attached hydrogens (tertiary/aromatic N) is 5. The second kappa shape index (κ2) is 13.0. The first kappa shape index (κ1) is 30.4. The van der Waals surface area contributed by atoms with Gasteiger partial charge in [-0.2, -0.15) is 13.2 Å². The zero-order chi connectivity index (χ0) is 30.4. The van der Waals surface area contributed by atoms with Crippen LogP contribution < -0.4 is 11.1 Å². The fraction of sp³-hybridized carbons (Fsp3) is 0.333. The van der Waals surface area contributed by atoms with Gasteiger partial charge < -0.3 is 31.7 Å². The van der Waals surface area contributed by atoms with Crippen LogP contribution in [0.1, 0.15) is 34.3 Å². The molecule has 3 heterocycles. The van der Waals surface area contributed by atoms with Crippen molar-refractivity contribution in [1.29, 1.82) is 10.8 Å². The Morgan fingerprint density at radius 1 is 1.24 bits per heavy atom. The largest absolute Gasteiger partial charge is 0.416 e. The number of nitrogens with two attached hydrogens (primary N) is 1. The van der Waals surface area contributed by atoms with Crippen molar-refractivity contribution in [2.45, 2.75) is 31.1 Å². The van der Waals surface area contributed by atoms with Gasteiger partial charge in [-0.3, -0.25) is 9.59 Å². The second-order valence-corrected chi connectivity index (χ2v) is 10.0. The van der Waals surface area contributed by atoms with Crippen molar-refractivity contribution in [2.24, 2.45) is 21.0 Å². The van der Waals surface area contributed by atoms with Crippen LogP contribution in [0.3, 0.4) is 0 Å². The molecule has 42 heavy (non-hydrogen) atoms. The Labute approximate surface area is 244 Å². The Morgan fingerprint density at radius 2 is 1.95 bits per heavy atom. The van der Waals surface area contributed by atoms with Crippen molar-refractivity contribution in [2.75, 3.05) is 25.0 Å². The standard InChI is InChI=1S/C27H28F3N9O2S/c28-27(29,30)19-7-8-34-21(12-19)36-25(40)18-5-3-17(4-6-18)22(32)23-24(33)35-9-11-38(23)14-16-2-1-10-39(15-16)26(41)20(13-31)37-42/h3-9,11-13,16,20,23,31-32H,1-2,10,14-15H2,(H2,33,35)(H,34,36,40). The molecule has 1 fully saturated rings. The lowest BCUT2D eigenvalue weighted by Gasteiger charge is -2.39. The van der Waals surface area contributed by atoms with Crippen molar-refractivity contribution >= 4 is 47.8 Å². The Kier molecular flexibility index (Phi) is 9.40. The van der Waals surface area contributed by atoms with Crippen molar-refractivity contribution in [3.05, 3.63) is 71.7 Å². The lowest BCUT2D eigenvalue weighted by Crippen LogP contribution is -2.52. The van der Waals surface area contributed by atoms with Crippen molar-refractivity contribution in [3.8, 4) is 0 Å². The molecule has 2 aromatic rings. The molecular weight excluding hydrogens is 571 g/mol. The molecule has 2 aliphatic heterocycles. The normalized spacial score (nSPS) is 19.5. The summed E-state index contributed by atoms with van der Waals surface area (Å²) in [6, 6.07) is 5.89. The number of halogens is 3. The zero-order valence-corrected chi connectivity index (χ0v) is 23.0. The molecule has 0 radical (unpaired) electrons. The highest BCUT2D eigenvalue weighted by molar-refractivity contribution is 7.47. The first-order chi connectivity index (χ1) is 20.0. The van der Waals surface area contributed by atoms with Gasteiger partial charge in [0.25, 0.3) is 11.8 Å². The van der Waals surface area contributed by atoms with Crippen LogP contribution in [-0.4, -0.2) is 76.1 Å². The number of carbonyl (C=O) groups excluding carboxylic acids is 2. The summed E-state index contributed by atoms with van der Waals surface area (Å²) < 4.78 is 42.5. The number of piperidine rings is 1. The van der Waals surface area contributed by atoms with Crippen molar-refractivity contribution in [1.82, 2.24) is 14.8 Å². The molecule has 4 rings (SSSR count). The van der Waals surface area contributed by atoms with E-state index >= 15 is 0 Å². The Morgan fingerprint density at radius 3 is 2.62 bits per heavy atom. The average molecular weight is 600 g/mol. The van der Waals surface area contributed by atoms with Gasteiger partial charge in [0.1, 0.15) is 17.7 Å². The molecular formula is C27H28F3N9O2S. The molecule has 2 aliphatic rings. The maximum Gasteiger partial charge on any atom is 0.416 e. The lowest BCUT2D eigenvalue weighted by molar-refractivity contribution is -0.137. The molecule has 0 spiro atoms. The summed E-state index contributed by atoms with van der Waals surface area (Å²) in [5.74, 6) is -0.945. The van der Waals surface area contributed by atoms with Gasteiger partial charge in [0, 0.05) is 62.4 Å². The molecule has 1 aromatic carbocycles. The highest BCUT2D eigenvalue weighted by Crippen LogP contribution is 2.30. The van der Waals surface area contributed by atoms with Gasteiger partial charge in [-0.1, -0.05) is 12.1 Å². The summed E-state index contributed by atoms with van der Waals surface area (Å²) >= 11 is 4.65. The topological polar surface area (TPSA) is 164 Å². The number of amidine groups is 1. The van der Waals surface area contributed by atoms with Gasteiger partial charge in [-0.15, -0.1) is 0 Å². The molecule has 1 aromatic heterocycles. The number of aliphatic imine (C=N–C) groups is 1. The molecule has 1 saturated heterocycles. The summed E-state index contributed by atoms with van der Waals surface area (Å²) in [4.78, 5) is 36.8. The predicted octanol–water partition coefficient (Wildman–Crippen LogP) is 3.22. The van der Waals surface area contributed by atoms with E-state index in [0.717, 1.165) is 37.4 Å². The van der Waals surface area contributed by atoms with Gasteiger partial charge >= 0.3 is 6.18 Å². The lowest BCUT2D eigenvalue weighted by atomic mass is 9.94. The number of likely N-dealkylation sites (tertiary alicyclic amines) is 1. The smallest absolute Gasteiger partial charge is 0.385 e. The van der Waals surface area contributed by atoms with Crippen LogP contribution >= 0.6 is 0 Å². The van der Waals surface area contributed by atoms with Gasteiger partial charge in [0.2, 0.25) is 0 Å². The maximum atomic E-state index is 13.0. The van der Waals surface area contributed by atoms with Gasteiger partial charge in [-0.25, -0.2) is 14.3 Å². The zero-order valence-electron chi connectivity index (χ0n) is 22.2. The number of nitrogens with one attached hydrogen (secondary N) is 3. The molecule has 220 valence electrons. The Balaban J connectivity index is 1.44. The van der Waals surface area contributed by atoms with E-state index in [-0.39, 0.29) is 34.8 Å². The first-order valence-corrected chi connectivity index (χ1v) is 13.3. The number of hydrogen-bond acceptors (Lipinski definition) is 10. The number of hydrogen-bond donors (Lipinski definition) is 4. The van der Waals surface area contributed by atoms with Gasteiger partial charge in [0.05, 0.1) is 11.3 Å². The van der Waals surface area contributed by atoms with E-state index in [0.29, 0.717) is 25.2 Å². The average Bonchev–Trinajstić information content (AvgIpc) is 2.97. The minimum atomic E-state index is -4.57. The van der Waals surface area contributed by atoms with E-state index < -0.39 is 29.7 Å². The van der Waals surface area contributed by atoms with E-state index in [1.165, 1.54) is 12.1 Å². The Hall–Kier alpha value is -4.53. The molecule has 5 N–H and O–H groups in total. The minimum Gasteiger partial charge on any atom is -0.385 e. The van der Waals surface area contributed by atoms with Crippen molar-refractivity contribution in [3.63, 3.8) is 0 Å². The van der Waals surface area contributed by atoms with Crippen molar-refractivity contribution < 1.29 is 22.8 Å². The summed E-state index contributed by atoms with van der Waals surface area (Å²) in [6.07, 6.45) is 2.21. The number of aromatic nitrogens is 1. The van der Waals surface area contributed by atoms with E-state index in [1.807, 2.05) is 4.90 Å². The van der Waals surface area contributed by atoms with Crippen LogP contribution in [-0.2, 0) is 23.4 Å². The molecule has 0 saturated carbocycles. The summed E-state index contributed by atoms with van der Waals surface area (Å²) in [6.45, 7) is 1.47. The fourth-order valence-electron chi connectivity index (χ4n) is 4.88. The highest BCUT2D eigenvalue weighted by atomic mass is 32.1. The summed E-state index contributed by atoms with van der Waals surface area (Å²) in [5.41, 5.74) is 6.05. The number of benzene rings is 1. The molecule has 2 amide bonds. The fourth-order valence-corrected chi connectivity index (χ4v) is 5.03. The third-order valence-electron chi connectivity index (χ3n) is 6.98.